The van der Waals surface area contributed by atoms with Gasteiger partial charge in [0.2, 0.25) is 0 Å². The van der Waals surface area contributed by atoms with Gasteiger partial charge in [-0.25, -0.2) is 0 Å². The number of benzene rings is 1. The fourth-order valence-corrected chi connectivity index (χ4v) is 4.09. The molecule has 1 fully saturated rings. The minimum atomic E-state index is 0.558. The normalized spacial score (nSPS) is 21.1. The summed E-state index contributed by atoms with van der Waals surface area (Å²) in [5.74, 6) is 1.50. The molecule has 3 rings (SSSR count). The van der Waals surface area contributed by atoms with E-state index in [1.807, 2.05) is 13.8 Å². The number of aromatic nitrogens is 1. The van der Waals surface area contributed by atoms with Gasteiger partial charge < -0.3 is 10.6 Å². The van der Waals surface area contributed by atoms with E-state index >= 15 is 0 Å². The van der Waals surface area contributed by atoms with Crippen molar-refractivity contribution in [3.63, 3.8) is 0 Å². The number of pyridine rings is 1. The molecule has 128 valence electrons. The molecule has 0 bridgehead atoms. The highest BCUT2D eigenvalue weighted by atomic mass is 15.1. The molecule has 0 amide bonds. The van der Waals surface area contributed by atoms with E-state index in [0.29, 0.717) is 6.54 Å². The highest BCUT2D eigenvalue weighted by Crippen LogP contribution is 2.31. The number of piperidine rings is 1. The Morgan fingerprint density at radius 1 is 1.04 bits per heavy atom. The Hall–Kier alpha value is -1.87. The third-order valence-electron chi connectivity index (χ3n) is 4.94. The van der Waals surface area contributed by atoms with Crippen molar-refractivity contribution in [2.24, 2.45) is 17.6 Å². The Balaban J connectivity index is 1.96. The van der Waals surface area contributed by atoms with Crippen molar-refractivity contribution in [3.05, 3.63) is 47.3 Å². The van der Waals surface area contributed by atoms with Crippen LogP contribution in [0.15, 0.2) is 30.3 Å². The summed E-state index contributed by atoms with van der Waals surface area (Å²) in [6, 6.07) is 11.1. The summed E-state index contributed by atoms with van der Waals surface area (Å²) < 4.78 is 0. The molecule has 0 spiro atoms. The van der Waals surface area contributed by atoms with Crippen LogP contribution in [0.4, 0.5) is 5.69 Å². The molecule has 0 unspecified atom stereocenters. The van der Waals surface area contributed by atoms with Crippen LogP contribution in [0.5, 0.6) is 0 Å². The Labute approximate surface area is 145 Å². The standard InChI is InChI=1S/C21H29N3/c1-14-7-15(2)13-24(12-14)20-5-6-21(19(10-20)11-22)18-8-16(3)23-17(4)9-18/h5-6,8-10,14-15H,7,11-13,22H2,1-4H3/t14-,15+. The Morgan fingerprint density at radius 3 is 2.25 bits per heavy atom. The third kappa shape index (κ3) is 3.62. The molecule has 1 aliphatic rings. The van der Waals surface area contributed by atoms with Gasteiger partial charge in [0, 0.05) is 36.7 Å². The summed E-state index contributed by atoms with van der Waals surface area (Å²) in [7, 11) is 0. The van der Waals surface area contributed by atoms with Crippen molar-refractivity contribution < 1.29 is 0 Å². The summed E-state index contributed by atoms with van der Waals surface area (Å²) >= 11 is 0. The lowest BCUT2D eigenvalue weighted by Gasteiger charge is -2.37. The number of nitrogens with zero attached hydrogens (tertiary/aromatic N) is 2. The van der Waals surface area contributed by atoms with Crippen molar-refractivity contribution >= 4 is 5.69 Å². The van der Waals surface area contributed by atoms with Crippen LogP contribution in [0, 0.1) is 25.7 Å². The van der Waals surface area contributed by atoms with Crippen molar-refractivity contribution in [1.82, 2.24) is 4.98 Å². The monoisotopic (exact) mass is 323 g/mol. The molecule has 0 saturated carbocycles. The predicted octanol–water partition coefficient (Wildman–Crippen LogP) is 4.31. The second-order valence-electron chi connectivity index (χ2n) is 7.54. The molecule has 24 heavy (non-hydrogen) atoms. The molecule has 1 aliphatic heterocycles. The smallest absolute Gasteiger partial charge is 0.0382 e. The lowest BCUT2D eigenvalue weighted by atomic mass is 9.91. The van der Waals surface area contributed by atoms with Crippen molar-refractivity contribution in [2.75, 3.05) is 18.0 Å². The molecule has 0 aliphatic carbocycles. The summed E-state index contributed by atoms with van der Waals surface area (Å²) in [6.07, 6.45) is 1.33. The maximum Gasteiger partial charge on any atom is 0.0382 e. The lowest BCUT2D eigenvalue weighted by molar-refractivity contribution is 0.357. The number of rotatable bonds is 3. The lowest BCUT2D eigenvalue weighted by Crippen LogP contribution is -2.38. The number of anilines is 1. The highest BCUT2D eigenvalue weighted by Gasteiger charge is 2.22. The van der Waals surface area contributed by atoms with E-state index in [9.17, 15) is 0 Å². The van der Waals surface area contributed by atoms with Crippen molar-refractivity contribution in [1.29, 1.82) is 0 Å². The van der Waals surface area contributed by atoms with Crippen LogP contribution in [-0.4, -0.2) is 18.1 Å². The summed E-state index contributed by atoms with van der Waals surface area (Å²) in [5, 5.41) is 0. The zero-order valence-electron chi connectivity index (χ0n) is 15.3. The largest absolute Gasteiger partial charge is 0.371 e. The maximum atomic E-state index is 6.08. The minimum Gasteiger partial charge on any atom is -0.371 e. The topological polar surface area (TPSA) is 42.1 Å². The van der Waals surface area contributed by atoms with Gasteiger partial charge in [0.25, 0.3) is 0 Å². The molecule has 3 nitrogen and oxygen atoms in total. The second kappa shape index (κ2) is 6.94. The average molecular weight is 323 g/mol. The van der Waals surface area contributed by atoms with E-state index in [1.165, 1.54) is 28.8 Å². The quantitative estimate of drug-likeness (QED) is 0.915. The molecule has 3 heteroatoms. The van der Waals surface area contributed by atoms with Gasteiger partial charge in [-0.1, -0.05) is 19.9 Å². The zero-order chi connectivity index (χ0) is 17.3. The first-order valence-corrected chi connectivity index (χ1v) is 9.00. The van der Waals surface area contributed by atoms with E-state index in [-0.39, 0.29) is 0 Å². The van der Waals surface area contributed by atoms with E-state index in [0.717, 1.165) is 36.3 Å². The molecule has 2 atom stereocenters. The van der Waals surface area contributed by atoms with Gasteiger partial charge in [-0.2, -0.15) is 0 Å². The Kier molecular flexibility index (Phi) is 4.91. The molecule has 2 aromatic rings. The molecule has 1 saturated heterocycles. The van der Waals surface area contributed by atoms with Gasteiger partial charge in [0.15, 0.2) is 0 Å². The van der Waals surface area contributed by atoms with E-state index in [1.54, 1.807) is 0 Å². The molecular weight excluding hydrogens is 294 g/mol. The van der Waals surface area contributed by atoms with E-state index < -0.39 is 0 Å². The summed E-state index contributed by atoms with van der Waals surface area (Å²) in [4.78, 5) is 7.00. The van der Waals surface area contributed by atoms with Crippen LogP contribution in [0.3, 0.4) is 0 Å². The van der Waals surface area contributed by atoms with Gasteiger partial charge in [0.1, 0.15) is 0 Å². The average Bonchev–Trinajstić information content (AvgIpc) is 2.52. The third-order valence-corrected chi connectivity index (χ3v) is 4.94. The van der Waals surface area contributed by atoms with Crippen LogP contribution in [0.2, 0.25) is 0 Å². The fourth-order valence-electron chi connectivity index (χ4n) is 4.09. The molecule has 0 radical (unpaired) electrons. The summed E-state index contributed by atoms with van der Waals surface area (Å²) in [6.45, 7) is 11.6. The zero-order valence-corrected chi connectivity index (χ0v) is 15.3. The van der Waals surface area contributed by atoms with Gasteiger partial charge >= 0.3 is 0 Å². The van der Waals surface area contributed by atoms with E-state index in [4.69, 9.17) is 5.73 Å². The van der Waals surface area contributed by atoms with Gasteiger partial charge in [-0.05, 0) is 73.1 Å². The fraction of sp³-hybridized carbons (Fsp3) is 0.476. The van der Waals surface area contributed by atoms with Crippen LogP contribution in [-0.2, 0) is 6.54 Å². The van der Waals surface area contributed by atoms with Gasteiger partial charge in [-0.15, -0.1) is 0 Å². The van der Waals surface area contributed by atoms with Crippen LogP contribution < -0.4 is 10.6 Å². The molecule has 2 heterocycles. The number of hydrogen-bond donors (Lipinski definition) is 1. The first-order valence-electron chi connectivity index (χ1n) is 9.00. The first-order chi connectivity index (χ1) is 11.5. The minimum absolute atomic E-state index is 0.558. The maximum absolute atomic E-state index is 6.08. The van der Waals surface area contributed by atoms with Crippen LogP contribution in [0.1, 0.15) is 37.2 Å². The SMILES string of the molecule is Cc1cc(-c2ccc(N3C[C@H](C)C[C@H](C)C3)cc2CN)cc(C)n1. The van der Waals surface area contributed by atoms with E-state index in [2.05, 4.69) is 54.1 Å². The number of hydrogen-bond acceptors (Lipinski definition) is 3. The molecule has 1 aromatic carbocycles. The molecular formula is C21H29N3. The number of aryl methyl sites for hydroxylation is 2. The number of nitrogens with two attached hydrogens (primary N) is 1. The predicted molar refractivity (Wildman–Crippen MR) is 102 cm³/mol. The first kappa shape index (κ1) is 17.0. The van der Waals surface area contributed by atoms with Crippen LogP contribution in [0.25, 0.3) is 11.1 Å². The van der Waals surface area contributed by atoms with Gasteiger partial charge in [-0.3, -0.25) is 4.98 Å². The van der Waals surface area contributed by atoms with Gasteiger partial charge in [0.05, 0.1) is 0 Å². The van der Waals surface area contributed by atoms with Crippen LogP contribution >= 0.6 is 0 Å². The summed E-state index contributed by atoms with van der Waals surface area (Å²) in [5.41, 5.74) is 13.1. The Bertz CT molecular complexity index is 693. The highest BCUT2D eigenvalue weighted by molar-refractivity contribution is 5.71. The Morgan fingerprint density at radius 2 is 1.67 bits per heavy atom. The second-order valence-corrected chi connectivity index (χ2v) is 7.54. The molecule has 1 aromatic heterocycles. The van der Waals surface area contributed by atoms with Crippen molar-refractivity contribution in [2.45, 2.75) is 40.7 Å². The molecule has 2 N–H and O–H groups in total. The van der Waals surface area contributed by atoms with Crippen molar-refractivity contribution in [3.8, 4) is 11.1 Å².